The molecule has 94 valence electrons. The topological polar surface area (TPSA) is 9.23 Å². The molecule has 17 heavy (non-hydrogen) atoms. The van der Waals surface area contributed by atoms with E-state index in [1.165, 1.54) is 22.3 Å². The summed E-state index contributed by atoms with van der Waals surface area (Å²) in [6.07, 6.45) is 5.46. The number of allylic oxidation sites excluding steroid dienone is 2. The summed E-state index contributed by atoms with van der Waals surface area (Å²) in [6, 6.07) is 2.16. The Morgan fingerprint density at radius 3 is 2.41 bits per heavy atom. The van der Waals surface area contributed by atoms with Crippen molar-refractivity contribution in [3.63, 3.8) is 0 Å². The van der Waals surface area contributed by atoms with Crippen LogP contribution >= 0.6 is 0 Å². The number of rotatable bonds is 4. The van der Waals surface area contributed by atoms with Crippen molar-refractivity contribution in [1.29, 1.82) is 0 Å². The van der Waals surface area contributed by atoms with Crippen LogP contribution in [0.5, 0.6) is 5.75 Å². The SMILES string of the molecule is C/C=C\CC(C)c1c(C)cc(OC)c(C)c1C. The summed E-state index contributed by atoms with van der Waals surface area (Å²) in [5.74, 6) is 1.57. The fourth-order valence-electron chi connectivity index (χ4n) is 2.49. The average Bonchev–Trinajstić information content (AvgIpc) is 2.31. The normalized spacial score (nSPS) is 13.1. The van der Waals surface area contributed by atoms with Crippen LogP contribution in [0.1, 0.15) is 48.4 Å². The number of ether oxygens (including phenoxy) is 1. The maximum absolute atomic E-state index is 5.41. The van der Waals surface area contributed by atoms with Crippen LogP contribution in [-0.4, -0.2) is 7.11 Å². The van der Waals surface area contributed by atoms with E-state index in [2.05, 4.69) is 52.8 Å². The molecule has 0 aliphatic rings. The highest BCUT2D eigenvalue weighted by Gasteiger charge is 2.14. The van der Waals surface area contributed by atoms with E-state index in [0.717, 1.165) is 12.2 Å². The number of methoxy groups -OCH3 is 1. The van der Waals surface area contributed by atoms with Gasteiger partial charge in [0.1, 0.15) is 5.75 Å². The van der Waals surface area contributed by atoms with Gasteiger partial charge in [-0.2, -0.15) is 0 Å². The Labute approximate surface area is 106 Å². The third-order valence-electron chi connectivity index (χ3n) is 3.55. The van der Waals surface area contributed by atoms with Gasteiger partial charge in [0.2, 0.25) is 0 Å². The summed E-state index contributed by atoms with van der Waals surface area (Å²) in [7, 11) is 1.74. The first-order chi connectivity index (χ1) is 8.02. The second kappa shape index (κ2) is 5.90. The monoisotopic (exact) mass is 232 g/mol. The van der Waals surface area contributed by atoms with Crippen LogP contribution in [-0.2, 0) is 0 Å². The molecule has 0 bridgehead atoms. The Balaban J connectivity index is 3.20. The third-order valence-corrected chi connectivity index (χ3v) is 3.55. The zero-order valence-corrected chi connectivity index (χ0v) is 11.9. The van der Waals surface area contributed by atoms with Crippen molar-refractivity contribution in [2.24, 2.45) is 0 Å². The predicted octanol–water partition coefficient (Wildman–Crippen LogP) is 4.69. The molecular formula is C16H24O. The fraction of sp³-hybridized carbons (Fsp3) is 0.500. The van der Waals surface area contributed by atoms with Gasteiger partial charge in [-0.15, -0.1) is 0 Å². The second-order valence-corrected chi connectivity index (χ2v) is 4.77. The molecule has 0 saturated carbocycles. The van der Waals surface area contributed by atoms with Crippen molar-refractivity contribution in [1.82, 2.24) is 0 Å². The van der Waals surface area contributed by atoms with E-state index in [9.17, 15) is 0 Å². The molecule has 0 aromatic heterocycles. The van der Waals surface area contributed by atoms with E-state index in [0.29, 0.717) is 5.92 Å². The maximum Gasteiger partial charge on any atom is 0.122 e. The van der Waals surface area contributed by atoms with Gasteiger partial charge in [0.15, 0.2) is 0 Å². The molecule has 0 fully saturated rings. The van der Waals surface area contributed by atoms with Gasteiger partial charge in [0.25, 0.3) is 0 Å². The van der Waals surface area contributed by atoms with Crippen LogP contribution in [0.3, 0.4) is 0 Å². The van der Waals surface area contributed by atoms with Crippen molar-refractivity contribution in [2.45, 2.75) is 47.0 Å². The van der Waals surface area contributed by atoms with Gasteiger partial charge in [0.05, 0.1) is 7.11 Å². The van der Waals surface area contributed by atoms with E-state index in [-0.39, 0.29) is 0 Å². The quantitative estimate of drug-likeness (QED) is 0.684. The van der Waals surface area contributed by atoms with Gasteiger partial charge < -0.3 is 4.74 Å². The molecule has 1 aromatic carbocycles. The van der Waals surface area contributed by atoms with Crippen molar-refractivity contribution in [3.8, 4) is 5.75 Å². The molecule has 1 aromatic rings. The molecule has 0 saturated heterocycles. The van der Waals surface area contributed by atoms with Crippen LogP contribution in [0.15, 0.2) is 18.2 Å². The van der Waals surface area contributed by atoms with Crippen molar-refractivity contribution >= 4 is 0 Å². The first-order valence-electron chi connectivity index (χ1n) is 6.28. The van der Waals surface area contributed by atoms with Gasteiger partial charge in [0, 0.05) is 0 Å². The number of hydrogen-bond donors (Lipinski definition) is 0. The zero-order chi connectivity index (χ0) is 13.0. The summed E-state index contributed by atoms with van der Waals surface area (Å²) in [6.45, 7) is 10.9. The number of hydrogen-bond acceptors (Lipinski definition) is 1. The Bertz CT molecular complexity index is 416. The van der Waals surface area contributed by atoms with Crippen LogP contribution < -0.4 is 4.74 Å². The lowest BCUT2D eigenvalue weighted by atomic mass is 9.87. The summed E-state index contributed by atoms with van der Waals surface area (Å²) >= 11 is 0. The highest BCUT2D eigenvalue weighted by atomic mass is 16.5. The van der Waals surface area contributed by atoms with Crippen LogP contribution in [0, 0.1) is 20.8 Å². The lowest BCUT2D eigenvalue weighted by molar-refractivity contribution is 0.410. The molecule has 0 aliphatic carbocycles. The molecule has 1 heteroatoms. The second-order valence-electron chi connectivity index (χ2n) is 4.77. The smallest absolute Gasteiger partial charge is 0.122 e. The van der Waals surface area contributed by atoms with Crippen molar-refractivity contribution < 1.29 is 4.74 Å². The Morgan fingerprint density at radius 2 is 1.88 bits per heavy atom. The fourth-order valence-corrected chi connectivity index (χ4v) is 2.49. The number of aryl methyl sites for hydroxylation is 1. The van der Waals surface area contributed by atoms with Gasteiger partial charge in [-0.25, -0.2) is 0 Å². The predicted molar refractivity (Wildman–Crippen MR) is 75.1 cm³/mol. The Morgan fingerprint density at radius 1 is 1.24 bits per heavy atom. The molecular weight excluding hydrogens is 208 g/mol. The third kappa shape index (κ3) is 2.91. The lowest BCUT2D eigenvalue weighted by Crippen LogP contribution is -2.03. The van der Waals surface area contributed by atoms with Crippen molar-refractivity contribution in [2.75, 3.05) is 7.11 Å². The maximum atomic E-state index is 5.41. The average molecular weight is 232 g/mol. The molecule has 1 nitrogen and oxygen atoms in total. The van der Waals surface area contributed by atoms with E-state index in [4.69, 9.17) is 4.74 Å². The molecule has 0 spiro atoms. The molecule has 0 radical (unpaired) electrons. The van der Waals surface area contributed by atoms with Gasteiger partial charge in [-0.1, -0.05) is 19.1 Å². The highest BCUT2D eigenvalue weighted by Crippen LogP contribution is 2.33. The summed E-state index contributed by atoms with van der Waals surface area (Å²) in [5.41, 5.74) is 5.45. The molecule has 1 unspecified atom stereocenters. The van der Waals surface area contributed by atoms with Gasteiger partial charge in [-0.3, -0.25) is 0 Å². The van der Waals surface area contributed by atoms with Gasteiger partial charge >= 0.3 is 0 Å². The van der Waals surface area contributed by atoms with Crippen LogP contribution in [0.25, 0.3) is 0 Å². The highest BCUT2D eigenvalue weighted by molar-refractivity contribution is 5.49. The van der Waals surface area contributed by atoms with Crippen LogP contribution in [0.2, 0.25) is 0 Å². The molecule has 0 amide bonds. The van der Waals surface area contributed by atoms with Gasteiger partial charge in [-0.05, 0) is 68.4 Å². The largest absolute Gasteiger partial charge is 0.496 e. The molecule has 0 aliphatic heterocycles. The molecule has 1 atom stereocenters. The zero-order valence-electron chi connectivity index (χ0n) is 11.9. The number of benzene rings is 1. The summed E-state index contributed by atoms with van der Waals surface area (Å²) in [4.78, 5) is 0. The first kappa shape index (κ1) is 13.8. The van der Waals surface area contributed by atoms with Crippen molar-refractivity contribution in [3.05, 3.63) is 40.5 Å². The summed E-state index contributed by atoms with van der Waals surface area (Å²) < 4.78 is 5.41. The Hall–Kier alpha value is -1.24. The summed E-state index contributed by atoms with van der Waals surface area (Å²) in [5, 5.41) is 0. The molecule has 0 N–H and O–H groups in total. The standard InChI is InChI=1S/C16H24O/c1-7-8-9-11(2)16-12(3)10-15(17-6)13(4)14(16)5/h7-8,10-11H,9H2,1-6H3/b8-7-. The minimum atomic E-state index is 0.566. The minimum Gasteiger partial charge on any atom is -0.496 e. The molecule has 0 heterocycles. The van der Waals surface area contributed by atoms with E-state index >= 15 is 0 Å². The lowest BCUT2D eigenvalue weighted by Gasteiger charge is -2.20. The Kier molecular flexibility index (Phi) is 4.80. The van der Waals surface area contributed by atoms with E-state index < -0.39 is 0 Å². The van der Waals surface area contributed by atoms with E-state index in [1.54, 1.807) is 7.11 Å². The first-order valence-corrected chi connectivity index (χ1v) is 6.28. The minimum absolute atomic E-state index is 0.566. The van der Waals surface area contributed by atoms with Crippen LogP contribution in [0.4, 0.5) is 0 Å². The van der Waals surface area contributed by atoms with E-state index in [1.807, 2.05) is 0 Å². The molecule has 1 rings (SSSR count).